The van der Waals surface area contributed by atoms with Gasteiger partial charge in [0, 0.05) is 24.2 Å². The van der Waals surface area contributed by atoms with Crippen molar-refractivity contribution in [2.24, 2.45) is 0 Å². The van der Waals surface area contributed by atoms with Gasteiger partial charge in [-0.2, -0.15) is 0 Å². The first kappa shape index (κ1) is 6.34. The van der Waals surface area contributed by atoms with Crippen molar-refractivity contribution >= 4 is 5.65 Å². The van der Waals surface area contributed by atoms with Crippen LogP contribution in [0.15, 0.2) is 18.5 Å². The maximum atomic E-state index is 4.30. The highest BCUT2D eigenvalue weighted by Gasteiger charge is 1.97. The highest BCUT2D eigenvalue weighted by molar-refractivity contribution is 5.39. The molecule has 0 fully saturated rings. The number of imidazole rings is 1. The zero-order chi connectivity index (χ0) is 7.84. The minimum Gasteiger partial charge on any atom is -0.288 e. The van der Waals surface area contributed by atoms with E-state index in [1.165, 1.54) is 0 Å². The molecule has 2 heterocycles. The molecular weight excluding hydrogens is 138 g/mol. The number of aromatic nitrogens is 3. The largest absolute Gasteiger partial charge is 0.288 e. The standard InChI is InChI=1S/C8H9N3/c1-6-5-8-9-3-4-11(8)7(2)10-6/h3-5H,1-2H3. The Kier molecular flexibility index (Phi) is 1.18. The van der Waals surface area contributed by atoms with Gasteiger partial charge in [0.2, 0.25) is 0 Å². The first-order valence-electron chi connectivity index (χ1n) is 3.55. The summed E-state index contributed by atoms with van der Waals surface area (Å²) >= 11 is 0. The van der Waals surface area contributed by atoms with Gasteiger partial charge in [0.15, 0.2) is 0 Å². The third-order valence-corrected chi connectivity index (χ3v) is 1.69. The minimum absolute atomic E-state index is 0.968. The van der Waals surface area contributed by atoms with Crippen LogP contribution in [0.25, 0.3) is 5.65 Å². The van der Waals surface area contributed by atoms with Crippen molar-refractivity contribution < 1.29 is 0 Å². The van der Waals surface area contributed by atoms with Gasteiger partial charge >= 0.3 is 0 Å². The molecule has 3 heteroatoms. The molecule has 0 bridgehead atoms. The molecule has 2 aromatic rings. The second kappa shape index (κ2) is 2.05. The van der Waals surface area contributed by atoms with E-state index in [9.17, 15) is 0 Å². The molecule has 0 aliphatic heterocycles. The summed E-state index contributed by atoms with van der Waals surface area (Å²) in [6.45, 7) is 3.95. The van der Waals surface area contributed by atoms with Crippen LogP contribution < -0.4 is 0 Å². The minimum atomic E-state index is 0.968. The highest BCUT2D eigenvalue weighted by Crippen LogP contribution is 2.04. The van der Waals surface area contributed by atoms with Crippen molar-refractivity contribution in [3.63, 3.8) is 0 Å². The van der Waals surface area contributed by atoms with Crippen molar-refractivity contribution in [3.05, 3.63) is 30.0 Å². The summed E-state index contributed by atoms with van der Waals surface area (Å²) in [5.41, 5.74) is 1.98. The average Bonchev–Trinajstić information content (AvgIpc) is 2.34. The number of aryl methyl sites for hydroxylation is 2. The Morgan fingerprint density at radius 2 is 2.18 bits per heavy atom. The predicted octanol–water partition coefficient (Wildman–Crippen LogP) is 1.35. The van der Waals surface area contributed by atoms with Crippen LogP contribution in [0.2, 0.25) is 0 Å². The fourth-order valence-electron chi connectivity index (χ4n) is 1.22. The summed E-state index contributed by atoms with van der Waals surface area (Å²) in [5.74, 6) is 0.984. The molecule has 0 aliphatic rings. The van der Waals surface area contributed by atoms with E-state index < -0.39 is 0 Å². The van der Waals surface area contributed by atoms with E-state index in [0.29, 0.717) is 0 Å². The zero-order valence-corrected chi connectivity index (χ0v) is 6.57. The number of nitrogens with zero attached hydrogens (tertiary/aromatic N) is 3. The van der Waals surface area contributed by atoms with Crippen molar-refractivity contribution in [3.8, 4) is 0 Å². The summed E-state index contributed by atoms with van der Waals surface area (Å²) in [6.07, 6.45) is 3.70. The number of rotatable bonds is 0. The van der Waals surface area contributed by atoms with E-state index in [1.54, 1.807) is 6.20 Å². The average molecular weight is 147 g/mol. The van der Waals surface area contributed by atoms with Gasteiger partial charge in [-0.25, -0.2) is 9.97 Å². The van der Waals surface area contributed by atoms with E-state index in [2.05, 4.69) is 9.97 Å². The van der Waals surface area contributed by atoms with Crippen LogP contribution >= 0.6 is 0 Å². The SMILES string of the molecule is Cc1cc2nccn2c(C)n1. The maximum absolute atomic E-state index is 4.30. The quantitative estimate of drug-likeness (QED) is 0.563. The summed E-state index contributed by atoms with van der Waals surface area (Å²) in [4.78, 5) is 8.46. The number of hydrogen-bond donors (Lipinski definition) is 0. The molecule has 0 aliphatic carbocycles. The molecule has 0 saturated carbocycles. The Morgan fingerprint density at radius 1 is 1.36 bits per heavy atom. The van der Waals surface area contributed by atoms with Gasteiger partial charge in [0.25, 0.3) is 0 Å². The molecule has 0 radical (unpaired) electrons. The van der Waals surface area contributed by atoms with Crippen molar-refractivity contribution in [1.29, 1.82) is 0 Å². The molecule has 2 aromatic heterocycles. The van der Waals surface area contributed by atoms with Crippen LogP contribution in [0.5, 0.6) is 0 Å². The van der Waals surface area contributed by atoms with Crippen molar-refractivity contribution in [1.82, 2.24) is 14.4 Å². The van der Waals surface area contributed by atoms with E-state index in [0.717, 1.165) is 17.2 Å². The predicted molar refractivity (Wildman–Crippen MR) is 42.5 cm³/mol. The first-order chi connectivity index (χ1) is 5.27. The van der Waals surface area contributed by atoms with Crippen LogP contribution in [0.3, 0.4) is 0 Å². The van der Waals surface area contributed by atoms with Crippen molar-refractivity contribution in [2.75, 3.05) is 0 Å². The summed E-state index contributed by atoms with van der Waals surface area (Å²) in [5, 5.41) is 0. The molecule has 0 N–H and O–H groups in total. The zero-order valence-electron chi connectivity index (χ0n) is 6.57. The topological polar surface area (TPSA) is 30.2 Å². The highest BCUT2D eigenvalue weighted by atomic mass is 15.0. The molecule has 0 spiro atoms. The normalized spacial score (nSPS) is 10.7. The molecule has 56 valence electrons. The molecule has 0 saturated heterocycles. The summed E-state index contributed by atoms with van der Waals surface area (Å²) in [6, 6.07) is 1.97. The summed E-state index contributed by atoms with van der Waals surface area (Å²) in [7, 11) is 0. The first-order valence-corrected chi connectivity index (χ1v) is 3.55. The van der Waals surface area contributed by atoms with E-state index in [1.807, 2.05) is 30.5 Å². The Hall–Kier alpha value is -1.38. The van der Waals surface area contributed by atoms with Gasteiger partial charge in [-0.1, -0.05) is 0 Å². The molecule has 2 rings (SSSR count). The second-order valence-electron chi connectivity index (χ2n) is 2.60. The van der Waals surface area contributed by atoms with E-state index in [4.69, 9.17) is 0 Å². The Balaban J connectivity index is 2.91. The van der Waals surface area contributed by atoms with Crippen LogP contribution in [0.4, 0.5) is 0 Å². The lowest BCUT2D eigenvalue weighted by Crippen LogP contribution is -1.95. The lowest BCUT2D eigenvalue weighted by molar-refractivity contribution is 0.961. The monoisotopic (exact) mass is 147 g/mol. The Bertz CT molecular complexity index is 389. The van der Waals surface area contributed by atoms with Gasteiger partial charge < -0.3 is 0 Å². The Labute approximate surface area is 64.7 Å². The van der Waals surface area contributed by atoms with E-state index >= 15 is 0 Å². The van der Waals surface area contributed by atoms with Gasteiger partial charge in [0.1, 0.15) is 11.5 Å². The molecule has 0 aromatic carbocycles. The third kappa shape index (κ3) is 0.888. The van der Waals surface area contributed by atoms with Crippen molar-refractivity contribution in [2.45, 2.75) is 13.8 Å². The van der Waals surface area contributed by atoms with Gasteiger partial charge in [-0.15, -0.1) is 0 Å². The van der Waals surface area contributed by atoms with Crippen LogP contribution in [0, 0.1) is 13.8 Å². The van der Waals surface area contributed by atoms with E-state index in [-0.39, 0.29) is 0 Å². The molecule has 0 unspecified atom stereocenters. The molecule has 0 amide bonds. The number of hydrogen-bond acceptors (Lipinski definition) is 2. The lowest BCUT2D eigenvalue weighted by atomic mass is 10.4. The third-order valence-electron chi connectivity index (χ3n) is 1.69. The summed E-state index contributed by atoms with van der Waals surface area (Å²) < 4.78 is 1.97. The van der Waals surface area contributed by atoms with Crippen LogP contribution in [0.1, 0.15) is 11.5 Å². The fourth-order valence-corrected chi connectivity index (χ4v) is 1.22. The molecule has 0 atom stereocenters. The molecule has 11 heavy (non-hydrogen) atoms. The van der Waals surface area contributed by atoms with Gasteiger partial charge in [-0.3, -0.25) is 4.40 Å². The van der Waals surface area contributed by atoms with Crippen LogP contribution in [-0.4, -0.2) is 14.4 Å². The number of fused-ring (bicyclic) bond motifs is 1. The second-order valence-corrected chi connectivity index (χ2v) is 2.60. The van der Waals surface area contributed by atoms with Gasteiger partial charge in [-0.05, 0) is 13.8 Å². The maximum Gasteiger partial charge on any atom is 0.139 e. The van der Waals surface area contributed by atoms with Crippen LogP contribution in [-0.2, 0) is 0 Å². The fraction of sp³-hybridized carbons (Fsp3) is 0.250. The van der Waals surface area contributed by atoms with Gasteiger partial charge in [0.05, 0.1) is 0 Å². The molecule has 3 nitrogen and oxygen atoms in total. The lowest BCUT2D eigenvalue weighted by Gasteiger charge is -1.98. The Morgan fingerprint density at radius 3 is 3.00 bits per heavy atom. The smallest absolute Gasteiger partial charge is 0.139 e. The molecular formula is C8H9N3.